The van der Waals surface area contributed by atoms with Gasteiger partial charge in [0.15, 0.2) is 0 Å². The molecule has 1 atom stereocenters. The minimum atomic E-state index is -1.36. The number of anilines is 1. The van der Waals surface area contributed by atoms with E-state index < -0.39 is 29.9 Å². The normalized spacial score (nSPS) is 17.9. The molecule has 0 bridgehead atoms. The fourth-order valence-electron chi connectivity index (χ4n) is 2.89. The molecular weight excluding hydrogens is 392 g/mol. The Hall–Kier alpha value is -4.20. The first-order valence-electron chi connectivity index (χ1n) is 8.72. The van der Waals surface area contributed by atoms with Gasteiger partial charge in [-0.15, -0.1) is 0 Å². The molecule has 154 valence electrons. The summed E-state index contributed by atoms with van der Waals surface area (Å²) in [5.41, 5.74) is -0.450. The van der Waals surface area contributed by atoms with Crippen molar-refractivity contribution in [1.82, 2.24) is 20.2 Å². The Balaban J connectivity index is 1.75. The quantitative estimate of drug-likeness (QED) is 0.664. The van der Waals surface area contributed by atoms with Crippen LogP contribution in [-0.2, 0) is 15.1 Å². The fourth-order valence-corrected chi connectivity index (χ4v) is 2.89. The van der Waals surface area contributed by atoms with Gasteiger partial charge in [0.05, 0.1) is 31.9 Å². The standard InChI is InChI=1S/C19H18N6O5/c1-19(12-6-4-11(9-20)5-7-12)16(27)25(18(28)24-19)10-13(26)21-17-22-14(29-2)8-15(23-17)30-3/h4-8H,10H2,1-3H3,(H,24,28)(H,21,22,23,26). The third-order valence-electron chi connectivity index (χ3n) is 4.52. The van der Waals surface area contributed by atoms with Crippen LogP contribution in [0.4, 0.5) is 10.7 Å². The maximum Gasteiger partial charge on any atom is 0.325 e. The van der Waals surface area contributed by atoms with Crippen molar-refractivity contribution in [3.05, 3.63) is 41.5 Å². The van der Waals surface area contributed by atoms with Crippen molar-refractivity contribution < 1.29 is 23.9 Å². The number of nitrogens with zero attached hydrogens (tertiary/aromatic N) is 4. The van der Waals surface area contributed by atoms with Crippen molar-refractivity contribution >= 4 is 23.8 Å². The van der Waals surface area contributed by atoms with Gasteiger partial charge in [0, 0.05) is 0 Å². The van der Waals surface area contributed by atoms with E-state index in [9.17, 15) is 14.4 Å². The third kappa shape index (κ3) is 3.83. The van der Waals surface area contributed by atoms with Gasteiger partial charge in [-0.2, -0.15) is 15.2 Å². The minimum Gasteiger partial charge on any atom is -0.481 e. The molecule has 2 aromatic rings. The number of nitriles is 1. The number of carbonyl (C=O) groups is 3. The summed E-state index contributed by atoms with van der Waals surface area (Å²) >= 11 is 0. The summed E-state index contributed by atoms with van der Waals surface area (Å²) in [6.45, 7) is 0.988. The minimum absolute atomic E-state index is 0.0990. The summed E-state index contributed by atoms with van der Waals surface area (Å²) in [7, 11) is 2.79. The van der Waals surface area contributed by atoms with Gasteiger partial charge in [-0.1, -0.05) is 12.1 Å². The lowest BCUT2D eigenvalue weighted by molar-refractivity contribution is -0.133. The van der Waals surface area contributed by atoms with E-state index in [1.54, 1.807) is 24.3 Å². The molecule has 1 saturated heterocycles. The Morgan fingerprint density at radius 1 is 1.20 bits per heavy atom. The molecule has 0 spiro atoms. The van der Waals surface area contributed by atoms with E-state index in [0.29, 0.717) is 11.1 Å². The Bertz CT molecular complexity index is 1030. The van der Waals surface area contributed by atoms with E-state index in [-0.39, 0.29) is 17.7 Å². The van der Waals surface area contributed by atoms with Gasteiger partial charge in [-0.25, -0.2) is 4.79 Å². The Kier molecular flexibility index (Phi) is 5.50. The van der Waals surface area contributed by atoms with E-state index in [1.165, 1.54) is 27.2 Å². The Labute approximate surface area is 171 Å². The first-order chi connectivity index (χ1) is 14.3. The van der Waals surface area contributed by atoms with Crippen LogP contribution in [0.3, 0.4) is 0 Å². The number of carbonyl (C=O) groups excluding carboxylic acids is 3. The van der Waals surface area contributed by atoms with Gasteiger partial charge >= 0.3 is 6.03 Å². The molecular formula is C19H18N6O5. The molecule has 0 aliphatic carbocycles. The number of ether oxygens (including phenoxy) is 2. The van der Waals surface area contributed by atoms with Crippen LogP contribution in [0.1, 0.15) is 18.1 Å². The third-order valence-corrected chi connectivity index (χ3v) is 4.52. The molecule has 2 heterocycles. The number of imide groups is 1. The van der Waals surface area contributed by atoms with Crippen molar-refractivity contribution in [1.29, 1.82) is 5.26 Å². The molecule has 0 saturated carbocycles. The van der Waals surface area contributed by atoms with E-state index >= 15 is 0 Å². The highest BCUT2D eigenvalue weighted by molar-refractivity contribution is 6.10. The number of hydrogen-bond acceptors (Lipinski definition) is 8. The van der Waals surface area contributed by atoms with Gasteiger partial charge in [0.25, 0.3) is 5.91 Å². The van der Waals surface area contributed by atoms with Crippen molar-refractivity contribution in [3.8, 4) is 17.8 Å². The predicted octanol–water partition coefficient (Wildman–Crippen LogP) is 0.771. The van der Waals surface area contributed by atoms with Crippen molar-refractivity contribution in [2.45, 2.75) is 12.5 Å². The molecule has 11 heteroatoms. The van der Waals surface area contributed by atoms with Gasteiger partial charge in [-0.05, 0) is 24.6 Å². The van der Waals surface area contributed by atoms with Gasteiger partial charge in [-0.3, -0.25) is 19.8 Å². The lowest BCUT2D eigenvalue weighted by Gasteiger charge is -2.22. The molecule has 30 heavy (non-hydrogen) atoms. The average Bonchev–Trinajstić information content (AvgIpc) is 2.97. The van der Waals surface area contributed by atoms with Crippen LogP contribution in [0.25, 0.3) is 0 Å². The molecule has 0 radical (unpaired) electrons. The number of nitrogens with one attached hydrogen (secondary N) is 2. The molecule has 1 aromatic heterocycles. The van der Waals surface area contributed by atoms with E-state index in [1.807, 2.05) is 6.07 Å². The van der Waals surface area contributed by atoms with Crippen LogP contribution in [0.2, 0.25) is 0 Å². The number of methoxy groups -OCH3 is 2. The largest absolute Gasteiger partial charge is 0.481 e. The zero-order valence-corrected chi connectivity index (χ0v) is 16.4. The van der Waals surface area contributed by atoms with Gasteiger partial charge < -0.3 is 14.8 Å². The number of rotatable bonds is 6. The van der Waals surface area contributed by atoms with Crippen LogP contribution < -0.4 is 20.1 Å². The monoisotopic (exact) mass is 410 g/mol. The molecule has 4 amide bonds. The highest BCUT2D eigenvalue weighted by atomic mass is 16.5. The van der Waals surface area contributed by atoms with Crippen LogP contribution in [0, 0.1) is 11.3 Å². The highest BCUT2D eigenvalue weighted by Crippen LogP contribution is 2.29. The second-order valence-corrected chi connectivity index (χ2v) is 6.46. The zero-order chi connectivity index (χ0) is 21.9. The van der Waals surface area contributed by atoms with Crippen LogP contribution in [0.15, 0.2) is 30.3 Å². The molecule has 1 aromatic carbocycles. The van der Waals surface area contributed by atoms with Crippen LogP contribution in [-0.4, -0.2) is 53.5 Å². The molecule has 1 aliphatic rings. The molecule has 1 unspecified atom stereocenters. The molecule has 11 nitrogen and oxygen atoms in total. The van der Waals surface area contributed by atoms with E-state index in [4.69, 9.17) is 14.7 Å². The van der Waals surface area contributed by atoms with E-state index in [0.717, 1.165) is 4.90 Å². The number of hydrogen-bond donors (Lipinski definition) is 2. The number of aromatic nitrogens is 2. The molecule has 1 aliphatic heterocycles. The number of amides is 4. The predicted molar refractivity (Wildman–Crippen MR) is 103 cm³/mol. The van der Waals surface area contributed by atoms with E-state index in [2.05, 4.69) is 20.6 Å². The van der Waals surface area contributed by atoms with Gasteiger partial charge in [0.2, 0.25) is 23.6 Å². The Morgan fingerprint density at radius 2 is 1.80 bits per heavy atom. The first kappa shape index (κ1) is 20.5. The maximum atomic E-state index is 12.9. The summed E-state index contributed by atoms with van der Waals surface area (Å²) < 4.78 is 10.0. The SMILES string of the molecule is COc1cc(OC)nc(NC(=O)CN2C(=O)NC(C)(c3ccc(C#N)cc3)C2=O)n1. The first-order valence-corrected chi connectivity index (χ1v) is 8.72. The summed E-state index contributed by atoms with van der Waals surface area (Å²) in [5.74, 6) is -1.05. The molecule has 2 N–H and O–H groups in total. The summed E-state index contributed by atoms with van der Waals surface area (Å²) in [6.07, 6.45) is 0. The molecule has 3 rings (SSSR count). The van der Waals surface area contributed by atoms with Crippen LogP contribution in [0.5, 0.6) is 11.8 Å². The summed E-state index contributed by atoms with van der Waals surface area (Å²) in [6, 6.07) is 8.95. The number of urea groups is 1. The van der Waals surface area contributed by atoms with Crippen LogP contribution >= 0.6 is 0 Å². The van der Waals surface area contributed by atoms with Crippen molar-refractivity contribution in [2.24, 2.45) is 0 Å². The lowest BCUT2D eigenvalue weighted by Crippen LogP contribution is -2.42. The second kappa shape index (κ2) is 8.04. The smallest absolute Gasteiger partial charge is 0.325 e. The second-order valence-electron chi connectivity index (χ2n) is 6.46. The number of benzene rings is 1. The highest BCUT2D eigenvalue weighted by Gasteiger charge is 2.49. The van der Waals surface area contributed by atoms with Crippen molar-refractivity contribution in [2.75, 3.05) is 26.1 Å². The van der Waals surface area contributed by atoms with Gasteiger partial charge in [0.1, 0.15) is 12.1 Å². The Morgan fingerprint density at radius 3 is 2.33 bits per heavy atom. The fraction of sp³-hybridized carbons (Fsp3) is 0.263. The maximum absolute atomic E-state index is 12.9. The topological polar surface area (TPSA) is 147 Å². The van der Waals surface area contributed by atoms with Crippen molar-refractivity contribution in [3.63, 3.8) is 0 Å². The summed E-state index contributed by atoms with van der Waals surface area (Å²) in [4.78, 5) is 46.4. The molecule has 1 fully saturated rings. The zero-order valence-electron chi connectivity index (χ0n) is 16.4. The lowest BCUT2D eigenvalue weighted by atomic mass is 9.91. The average molecular weight is 410 g/mol. The summed E-state index contributed by atoms with van der Waals surface area (Å²) in [5, 5.41) is 13.9.